The standard InChI is InChI=1S/C24H26N6O3S/c1-16-21(24(32)30(28(16)2)18-9-4-3-5-10-18)26-23(31)17-8-6-12-29(14-17)15-20-25-22(27-33-20)19-11-7-13-34-19/h3-5,7,9-11,13,17H,6,8,12,14-15H2,1-2H3,(H,26,31). The minimum Gasteiger partial charge on any atom is -0.338 e. The van der Waals surface area contributed by atoms with Gasteiger partial charge >= 0.3 is 0 Å². The number of carbonyl (C=O) groups excluding carboxylic acids is 1. The second kappa shape index (κ2) is 9.40. The van der Waals surface area contributed by atoms with Crippen molar-refractivity contribution in [1.29, 1.82) is 0 Å². The van der Waals surface area contributed by atoms with E-state index < -0.39 is 0 Å². The number of likely N-dealkylation sites (tertiary alicyclic amines) is 1. The van der Waals surface area contributed by atoms with E-state index in [1.165, 1.54) is 0 Å². The number of thiophene rings is 1. The quantitative estimate of drug-likeness (QED) is 0.456. The van der Waals surface area contributed by atoms with Crippen molar-refractivity contribution < 1.29 is 9.32 Å². The predicted molar refractivity (Wildman–Crippen MR) is 130 cm³/mol. The van der Waals surface area contributed by atoms with Crippen LogP contribution >= 0.6 is 11.3 Å². The molecule has 1 aromatic carbocycles. The summed E-state index contributed by atoms with van der Waals surface area (Å²) in [6.07, 6.45) is 1.65. The van der Waals surface area contributed by atoms with Gasteiger partial charge in [0.05, 0.1) is 28.7 Å². The van der Waals surface area contributed by atoms with Crippen LogP contribution < -0.4 is 10.9 Å². The number of nitrogens with one attached hydrogen (secondary N) is 1. The van der Waals surface area contributed by atoms with Crippen molar-refractivity contribution >= 4 is 22.9 Å². The number of amides is 1. The van der Waals surface area contributed by atoms with Crippen LogP contribution in [0.1, 0.15) is 24.4 Å². The van der Waals surface area contributed by atoms with Crippen molar-refractivity contribution in [2.24, 2.45) is 13.0 Å². The van der Waals surface area contributed by atoms with Crippen LogP contribution in [0.3, 0.4) is 0 Å². The van der Waals surface area contributed by atoms with Gasteiger partial charge in [0.25, 0.3) is 5.56 Å². The fourth-order valence-electron chi connectivity index (χ4n) is 4.37. The number of aromatic nitrogens is 4. The maximum absolute atomic E-state index is 13.1. The van der Waals surface area contributed by atoms with Crippen molar-refractivity contribution in [2.45, 2.75) is 26.3 Å². The fourth-order valence-corrected chi connectivity index (χ4v) is 5.02. The Balaban J connectivity index is 1.27. The maximum atomic E-state index is 13.1. The average Bonchev–Trinajstić information content (AvgIpc) is 3.58. The second-order valence-electron chi connectivity index (χ2n) is 8.49. The van der Waals surface area contributed by atoms with E-state index in [0.29, 0.717) is 36.2 Å². The molecule has 1 atom stereocenters. The van der Waals surface area contributed by atoms with Gasteiger partial charge < -0.3 is 9.84 Å². The molecule has 1 N–H and O–H groups in total. The van der Waals surface area contributed by atoms with E-state index in [9.17, 15) is 9.59 Å². The molecule has 176 valence electrons. The van der Waals surface area contributed by atoms with E-state index in [1.807, 2.05) is 61.8 Å². The van der Waals surface area contributed by atoms with Gasteiger partial charge in [0.15, 0.2) is 0 Å². The monoisotopic (exact) mass is 478 g/mol. The van der Waals surface area contributed by atoms with Gasteiger partial charge in [-0.2, -0.15) is 4.98 Å². The molecule has 3 aromatic heterocycles. The second-order valence-corrected chi connectivity index (χ2v) is 9.44. The molecule has 10 heteroatoms. The van der Waals surface area contributed by atoms with Crippen molar-refractivity contribution in [1.82, 2.24) is 24.4 Å². The highest BCUT2D eigenvalue weighted by Gasteiger charge is 2.29. The zero-order valence-electron chi connectivity index (χ0n) is 19.1. The zero-order chi connectivity index (χ0) is 23.7. The van der Waals surface area contributed by atoms with Crippen LogP contribution in [-0.2, 0) is 18.4 Å². The molecule has 34 heavy (non-hydrogen) atoms. The summed E-state index contributed by atoms with van der Waals surface area (Å²) in [6.45, 7) is 3.75. The van der Waals surface area contributed by atoms with Crippen LogP contribution in [0.4, 0.5) is 5.69 Å². The number of nitrogens with zero attached hydrogens (tertiary/aromatic N) is 5. The van der Waals surface area contributed by atoms with Gasteiger partial charge in [-0.3, -0.25) is 19.2 Å². The highest BCUT2D eigenvalue weighted by molar-refractivity contribution is 7.13. The molecule has 5 rings (SSSR count). The zero-order valence-corrected chi connectivity index (χ0v) is 19.9. The van der Waals surface area contributed by atoms with Gasteiger partial charge in [0, 0.05) is 13.6 Å². The third kappa shape index (κ3) is 4.34. The molecule has 4 heterocycles. The molecular formula is C24H26N6O3S. The summed E-state index contributed by atoms with van der Waals surface area (Å²) in [7, 11) is 1.82. The van der Waals surface area contributed by atoms with Gasteiger partial charge in [0.1, 0.15) is 5.69 Å². The Morgan fingerprint density at radius 2 is 2.06 bits per heavy atom. The first-order valence-electron chi connectivity index (χ1n) is 11.2. The first-order chi connectivity index (χ1) is 16.5. The summed E-state index contributed by atoms with van der Waals surface area (Å²) in [5.41, 5.74) is 1.55. The molecule has 1 fully saturated rings. The Kier molecular flexibility index (Phi) is 6.16. The van der Waals surface area contributed by atoms with Gasteiger partial charge in [-0.15, -0.1) is 11.3 Å². The Labute approximate surface area is 200 Å². The normalized spacial score (nSPS) is 16.6. The molecule has 1 aliphatic rings. The third-order valence-corrected chi connectivity index (χ3v) is 7.11. The third-order valence-electron chi connectivity index (χ3n) is 6.25. The molecule has 0 aliphatic carbocycles. The summed E-state index contributed by atoms with van der Waals surface area (Å²) < 4.78 is 8.76. The molecule has 0 bridgehead atoms. The highest BCUT2D eigenvalue weighted by Crippen LogP contribution is 2.24. The number of carbonyl (C=O) groups is 1. The van der Waals surface area contributed by atoms with Gasteiger partial charge in [0.2, 0.25) is 17.6 Å². The smallest absolute Gasteiger partial charge is 0.295 e. The highest BCUT2D eigenvalue weighted by atomic mass is 32.1. The summed E-state index contributed by atoms with van der Waals surface area (Å²) in [4.78, 5) is 33.9. The van der Waals surface area contributed by atoms with E-state index in [1.54, 1.807) is 20.7 Å². The Bertz CT molecular complexity index is 1340. The predicted octanol–water partition coefficient (Wildman–Crippen LogP) is 3.45. The molecular weight excluding hydrogens is 452 g/mol. The van der Waals surface area contributed by atoms with Crippen LogP contribution in [0.25, 0.3) is 16.4 Å². The van der Waals surface area contributed by atoms with Crippen LogP contribution in [-0.4, -0.2) is 43.4 Å². The maximum Gasteiger partial charge on any atom is 0.295 e. The molecule has 0 spiro atoms. The topological polar surface area (TPSA) is 98.2 Å². The van der Waals surface area contributed by atoms with Crippen molar-refractivity contribution in [3.05, 3.63) is 69.8 Å². The molecule has 1 aliphatic heterocycles. The molecule has 1 saturated heterocycles. The summed E-state index contributed by atoms with van der Waals surface area (Å²) in [5.74, 6) is 0.762. The number of hydrogen-bond donors (Lipinski definition) is 1. The van der Waals surface area contributed by atoms with E-state index in [2.05, 4.69) is 20.4 Å². The van der Waals surface area contributed by atoms with Gasteiger partial charge in [-0.25, -0.2) is 4.68 Å². The molecule has 4 aromatic rings. The number of benzene rings is 1. The summed E-state index contributed by atoms with van der Waals surface area (Å²) >= 11 is 1.56. The molecule has 0 saturated carbocycles. The minimum atomic E-state index is -0.237. The lowest BCUT2D eigenvalue weighted by atomic mass is 9.97. The van der Waals surface area contributed by atoms with Gasteiger partial charge in [-0.05, 0) is 49.9 Å². The summed E-state index contributed by atoms with van der Waals surface area (Å²) in [5, 5.41) is 8.96. The number of para-hydroxylation sites is 1. The van der Waals surface area contributed by atoms with E-state index >= 15 is 0 Å². The lowest BCUT2D eigenvalue weighted by molar-refractivity contribution is -0.121. The van der Waals surface area contributed by atoms with E-state index in [0.717, 1.165) is 30.0 Å². The van der Waals surface area contributed by atoms with Gasteiger partial charge in [-0.1, -0.05) is 29.4 Å². The number of piperidine rings is 1. The Hall–Kier alpha value is -3.50. The van der Waals surface area contributed by atoms with Crippen LogP contribution in [0.2, 0.25) is 0 Å². The lowest BCUT2D eigenvalue weighted by Crippen LogP contribution is -2.40. The number of rotatable bonds is 6. The van der Waals surface area contributed by atoms with E-state index in [4.69, 9.17) is 4.52 Å². The Morgan fingerprint density at radius 1 is 1.24 bits per heavy atom. The lowest BCUT2D eigenvalue weighted by Gasteiger charge is -2.30. The molecule has 9 nitrogen and oxygen atoms in total. The first-order valence-corrected chi connectivity index (χ1v) is 12.1. The number of hydrogen-bond acceptors (Lipinski definition) is 7. The number of anilines is 1. The fraction of sp³-hybridized carbons (Fsp3) is 0.333. The van der Waals surface area contributed by atoms with Crippen molar-refractivity contribution in [3.63, 3.8) is 0 Å². The van der Waals surface area contributed by atoms with E-state index in [-0.39, 0.29) is 17.4 Å². The molecule has 1 unspecified atom stereocenters. The van der Waals surface area contributed by atoms with Crippen molar-refractivity contribution in [2.75, 3.05) is 18.4 Å². The average molecular weight is 479 g/mol. The summed E-state index contributed by atoms with van der Waals surface area (Å²) in [6, 6.07) is 13.3. The van der Waals surface area contributed by atoms with Crippen LogP contribution in [0, 0.1) is 12.8 Å². The SMILES string of the molecule is Cc1c(NC(=O)C2CCCN(Cc3nc(-c4cccs4)no3)C2)c(=O)n(-c2ccccc2)n1C. The molecule has 0 radical (unpaired) electrons. The first kappa shape index (κ1) is 22.3. The van der Waals surface area contributed by atoms with Crippen LogP contribution in [0.15, 0.2) is 57.2 Å². The minimum absolute atomic E-state index is 0.138. The Morgan fingerprint density at radius 3 is 2.82 bits per heavy atom. The van der Waals surface area contributed by atoms with Crippen LogP contribution in [0.5, 0.6) is 0 Å². The van der Waals surface area contributed by atoms with Crippen molar-refractivity contribution in [3.8, 4) is 16.4 Å². The molecule has 1 amide bonds. The largest absolute Gasteiger partial charge is 0.338 e.